The van der Waals surface area contributed by atoms with Crippen LogP contribution in [0.3, 0.4) is 0 Å². The summed E-state index contributed by atoms with van der Waals surface area (Å²) in [6.07, 6.45) is 6.66. The van der Waals surface area contributed by atoms with Crippen LogP contribution in [0.1, 0.15) is 26.3 Å². The van der Waals surface area contributed by atoms with Crippen molar-refractivity contribution in [2.45, 2.75) is 26.4 Å². The maximum atomic E-state index is 11.7. The molecule has 1 aliphatic heterocycles. The van der Waals surface area contributed by atoms with Crippen molar-refractivity contribution in [3.05, 3.63) is 42.0 Å². The van der Waals surface area contributed by atoms with Crippen LogP contribution in [0.15, 0.2) is 36.4 Å². The van der Waals surface area contributed by atoms with E-state index in [2.05, 4.69) is 5.32 Å². The molecular formula is C18H21NO5. The number of rotatable bonds is 6. The molecule has 1 amide bonds. The second kappa shape index (κ2) is 7.68. The highest BCUT2D eigenvalue weighted by Gasteiger charge is 2.21. The SMILES string of the molecule is CC(=O)OC(C)(C)CNC(=O)C=CC=Cc1ccc2c(c1)OCO2. The first kappa shape index (κ1) is 17.6. The quantitative estimate of drug-likeness (QED) is 0.492. The van der Waals surface area contributed by atoms with E-state index in [4.69, 9.17) is 14.2 Å². The molecular weight excluding hydrogens is 310 g/mol. The van der Waals surface area contributed by atoms with E-state index < -0.39 is 5.60 Å². The lowest BCUT2D eigenvalue weighted by Crippen LogP contribution is -2.40. The average Bonchev–Trinajstić information content (AvgIpc) is 2.96. The Kier molecular flexibility index (Phi) is 5.63. The minimum absolute atomic E-state index is 0.238. The molecule has 0 unspecified atom stereocenters. The molecule has 6 heteroatoms. The Morgan fingerprint density at radius 2 is 2.00 bits per heavy atom. The normalized spacial score (nSPS) is 13.5. The minimum Gasteiger partial charge on any atom is -0.458 e. The van der Waals surface area contributed by atoms with E-state index in [0.29, 0.717) is 5.75 Å². The molecule has 1 heterocycles. The summed E-state index contributed by atoms with van der Waals surface area (Å²) in [5.41, 5.74) is 0.206. The molecule has 1 N–H and O–H groups in total. The lowest BCUT2D eigenvalue weighted by Gasteiger charge is -2.24. The zero-order chi connectivity index (χ0) is 17.6. The van der Waals surface area contributed by atoms with Crippen LogP contribution in [-0.4, -0.2) is 30.8 Å². The first-order valence-corrected chi connectivity index (χ1v) is 7.57. The Balaban J connectivity index is 1.80. The third kappa shape index (κ3) is 5.46. The average molecular weight is 331 g/mol. The van der Waals surface area contributed by atoms with Crippen molar-refractivity contribution < 1.29 is 23.8 Å². The van der Waals surface area contributed by atoms with Crippen LogP contribution in [0, 0.1) is 0 Å². The van der Waals surface area contributed by atoms with E-state index in [1.807, 2.05) is 24.3 Å². The van der Waals surface area contributed by atoms with Gasteiger partial charge < -0.3 is 19.5 Å². The van der Waals surface area contributed by atoms with Gasteiger partial charge in [0.2, 0.25) is 12.7 Å². The molecule has 0 fully saturated rings. The Morgan fingerprint density at radius 3 is 2.75 bits per heavy atom. The second-order valence-electron chi connectivity index (χ2n) is 5.90. The molecule has 2 rings (SSSR count). The molecule has 0 saturated carbocycles. The van der Waals surface area contributed by atoms with Gasteiger partial charge in [-0.05, 0) is 31.5 Å². The zero-order valence-electron chi connectivity index (χ0n) is 14.0. The van der Waals surface area contributed by atoms with E-state index in [1.165, 1.54) is 13.0 Å². The smallest absolute Gasteiger partial charge is 0.303 e. The monoisotopic (exact) mass is 331 g/mol. The molecule has 0 spiro atoms. The van der Waals surface area contributed by atoms with Crippen molar-refractivity contribution in [1.82, 2.24) is 5.32 Å². The van der Waals surface area contributed by atoms with E-state index in [1.54, 1.807) is 26.0 Å². The number of nitrogens with one attached hydrogen (secondary N) is 1. The third-order valence-corrected chi connectivity index (χ3v) is 3.15. The second-order valence-corrected chi connectivity index (χ2v) is 5.90. The number of ether oxygens (including phenoxy) is 3. The van der Waals surface area contributed by atoms with Crippen LogP contribution >= 0.6 is 0 Å². The van der Waals surface area contributed by atoms with Crippen LogP contribution in [-0.2, 0) is 14.3 Å². The molecule has 24 heavy (non-hydrogen) atoms. The molecule has 1 aromatic carbocycles. The highest BCUT2D eigenvalue weighted by atomic mass is 16.7. The Labute approximate surface area is 141 Å². The molecule has 0 saturated heterocycles. The van der Waals surface area contributed by atoms with Gasteiger partial charge in [0, 0.05) is 13.0 Å². The number of carbonyl (C=O) groups is 2. The first-order valence-electron chi connectivity index (χ1n) is 7.57. The summed E-state index contributed by atoms with van der Waals surface area (Å²) in [4.78, 5) is 22.7. The predicted octanol–water partition coefficient (Wildman–Crippen LogP) is 2.44. The first-order chi connectivity index (χ1) is 11.4. The summed E-state index contributed by atoms with van der Waals surface area (Å²) in [7, 11) is 0. The molecule has 1 aliphatic rings. The summed E-state index contributed by atoms with van der Waals surface area (Å²) < 4.78 is 15.6. The summed E-state index contributed by atoms with van der Waals surface area (Å²) in [5.74, 6) is 0.811. The number of carbonyl (C=O) groups excluding carboxylic acids is 2. The molecule has 0 bridgehead atoms. The topological polar surface area (TPSA) is 73.9 Å². The number of hydrogen-bond donors (Lipinski definition) is 1. The molecule has 0 aliphatic carbocycles. The fraction of sp³-hybridized carbons (Fsp3) is 0.333. The molecule has 128 valence electrons. The van der Waals surface area contributed by atoms with Gasteiger partial charge in [0.15, 0.2) is 11.5 Å². The van der Waals surface area contributed by atoms with Gasteiger partial charge in [0.25, 0.3) is 0 Å². The van der Waals surface area contributed by atoms with Gasteiger partial charge in [-0.3, -0.25) is 9.59 Å². The predicted molar refractivity (Wildman–Crippen MR) is 89.6 cm³/mol. The number of fused-ring (bicyclic) bond motifs is 1. The van der Waals surface area contributed by atoms with E-state index in [9.17, 15) is 9.59 Å². The largest absolute Gasteiger partial charge is 0.458 e. The summed E-state index contributed by atoms with van der Waals surface area (Å²) in [5, 5.41) is 2.69. The zero-order valence-corrected chi connectivity index (χ0v) is 14.0. The van der Waals surface area contributed by atoms with Crippen molar-refractivity contribution >= 4 is 18.0 Å². The van der Waals surface area contributed by atoms with Gasteiger partial charge >= 0.3 is 5.97 Å². The van der Waals surface area contributed by atoms with Crippen molar-refractivity contribution in [1.29, 1.82) is 0 Å². The van der Waals surface area contributed by atoms with Gasteiger partial charge in [-0.25, -0.2) is 0 Å². The molecule has 0 radical (unpaired) electrons. The van der Waals surface area contributed by atoms with Crippen LogP contribution in [0.5, 0.6) is 11.5 Å². The lowest BCUT2D eigenvalue weighted by atomic mass is 10.1. The van der Waals surface area contributed by atoms with Gasteiger partial charge in [0.05, 0.1) is 6.54 Å². The Hall–Kier alpha value is -2.76. The fourth-order valence-corrected chi connectivity index (χ4v) is 2.11. The molecule has 1 aromatic rings. The van der Waals surface area contributed by atoms with Crippen LogP contribution < -0.4 is 14.8 Å². The van der Waals surface area contributed by atoms with Crippen molar-refractivity contribution in [2.75, 3.05) is 13.3 Å². The third-order valence-electron chi connectivity index (χ3n) is 3.15. The number of amides is 1. The number of esters is 1. The number of hydrogen-bond acceptors (Lipinski definition) is 5. The van der Waals surface area contributed by atoms with Gasteiger partial charge in [-0.1, -0.05) is 24.3 Å². The highest BCUT2D eigenvalue weighted by Crippen LogP contribution is 2.32. The Morgan fingerprint density at radius 1 is 1.25 bits per heavy atom. The standard InChI is InChI=1S/C18H21NO5/c1-13(20)24-18(2,3)11-19-17(21)7-5-4-6-14-8-9-15-16(10-14)23-12-22-15/h4-10H,11-12H2,1-3H3,(H,19,21). The molecule has 0 aromatic heterocycles. The van der Waals surface area contributed by atoms with Crippen molar-refractivity contribution in [2.24, 2.45) is 0 Å². The minimum atomic E-state index is -0.738. The van der Waals surface area contributed by atoms with E-state index >= 15 is 0 Å². The Bertz CT molecular complexity index is 676. The summed E-state index contributed by atoms with van der Waals surface area (Å²) in [6, 6.07) is 5.61. The maximum Gasteiger partial charge on any atom is 0.303 e. The van der Waals surface area contributed by atoms with Crippen LogP contribution in [0.4, 0.5) is 0 Å². The summed E-state index contributed by atoms with van der Waals surface area (Å²) in [6.45, 7) is 5.29. The van der Waals surface area contributed by atoms with Crippen molar-refractivity contribution in [3.8, 4) is 11.5 Å². The fourth-order valence-electron chi connectivity index (χ4n) is 2.11. The van der Waals surface area contributed by atoms with Gasteiger partial charge in [-0.2, -0.15) is 0 Å². The highest BCUT2D eigenvalue weighted by molar-refractivity contribution is 5.88. The number of benzene rings is 1. The molecule has 0 atom stereocenters. The van der Waals surface area contributed by atoms with Crippen LogP contribution in [0.2, 0.25) is 0 Å². The van der Waals surface area contributed by atoms with Crippen molar-refractivity contribution in [3.63, 3.8) is 0 Å². The van der Waals surface area contributed by atoms with E-state index in [0.717, 1.165) is 11.3 Å². The van der Waals surface area contributed by atoms with Gasteiger partial charge in [-0.15, -0.1) is 0 Å². The van der Waals surface area contributed by atoms with Gasteiger partial charge in [0.1, 0.15) is 5.60 Å². The number of allylic oxidation sites excluding steroid dienone is 2. The van der Waals surface area contributed by atoms with E-state index in [-0.39, 0.29) is 25.2 Å². The van der Waals surface area contributed by atoms with Crippen LogP contribution in [0.25, 0.3) is 6.08 Å². The molecule has 6 nitrogen and oxygen atoms in total. The summed E-state index contributed by atoms with van der Waals surface area (Å²) >= 11 is 0. The lowest BCUT2D eigenvalue weighted by molar-refractivity contribution is -0.153. The maximum absolute atomic E-state index is 11.7.